The fraction of sp³-hybridized carbons (Fsp3) is 0.200. The fourth-order valence-electron chi connectivity index (χ4n) is 0.911. The molecule has 0 radical (unpaired) electrons. The Morgan fingerprint density at radius 2 is 2.25 bits per heavy atom. The van der Waals surface area contributed by atoms with E-state index in [4.69, 9.17) is 11.6 Å². The van der Waals surface area contributed by atoms with Gasteiger partial charge in [0.2, 0.25) is 0 Å². The minimum atomic E-state index is 0.156. The molecule has 0 aliphatic carbocycles. The van der Waals surface area contributed by atoms with Crippen molar-refractivity contribution in [3.8, 4) is 5.75 Å². The maximum atomic E-state index is 9.44. The molecule has 1 rings (SSSR count). The highest BCUT2D eigenvalue weighted by atomic mass is 35.5. The molecule has 0 unspecified atom stereocenters. The van der Waals surface area contributed by atoms with Crippen molar-refractivity contribution in [2.75, 3.05) is 0 Å². The van der Waals surface area contributed by atoms with E-state index in [0.29, 0.717) is 5.02 Å². The highest BCUT2D eigenvalue weighted by molar-refractivity contribution is 6.32. The maximum absolute atomic E-state index is 9.44. The van der Waals surface area contributed by atoms with Crippen LogP contribution in [-0.4, -0.2) is 5.11 Å². The van der Waals surface area contributed by atoms with E-state index in [1.165, 1.54) is 0 Å². The number of hydrogen-bond acceptors (Lipinski definition) is 1. The van der Waals surface area contributed by atoms with Crippen LogP contribution in [0.2, 0.25) is 5.02 Å². The number of allylic oxidation sites excluding steroid dienone is 1. The van der Waals surface area contributed by atoms with Gasteiger partial charge in [-0.25, -0.2) is 0 Å². The molecule has 0 spiro atoms. The van der Waals surface area contributed by atoms with Crippen molar-refractivity contribution in [3.05, 3.63) is 34.9 Å². The van der Waals surface area contributed by atoms with E-state index in [1.807, 2.05) is 31.2 Å². The zero-order chi connectivity index (χ0) is 8.97. The summed E-state index contributed by atoms with van der Waals surface area (Å²) < 4.78 is 0. The van der Waals surface area contributed by atoms with Crippen LogP contribution in [0.3, 0.4) is 0 Å². The van der Waals surface area contributed by atoms with Crippen molar-refractivity contribution in [1.82, 2.24) is 0 Å². The lowest BCUT2D eigenvalue weighted by Crippen LogP contribution is -1.74. The third-order valence-electron chi connectivity index (χ3n) is 1.55. The standard InChI is InChI=1S/C10H11ClO/c1-2-3-5-8-6-4-7-9(11)10(8)12/h3-7,12H,2H2,1H3. The Morgan fingerprint density at radius 1 is 1.50 bits per heavy atom. The van der Waals surface area contributed by atoms with E-state index >= 15 is 0 Å². The molecule has 12 heavy (non-hydrogen) atoms. The van der Waals surface area contributed by atoms with Crippen molar-refractivity contribution in [2.45, 2.75) is 13.3 Å². The zero-order valence-electron chi connectivity index (χ0n) is 6.92. The van der Waals surface area contributed by atoms with Gasteiger partial charge in [-0.2, -0.15) is 0 Å². The summed E-state index contributed by atoms with van der Waals surface area (Å²) in [6.45, 7) is 2.04. The van der Waals surface area contributed by atoms with Crippen LogP contribution < -0.4 is 0 Å². The summed E-state index contributed by atoms with van der Waals surface area (Å²) in [5, 5.41) is 9.84. The van der Waals surface area contributed by atoms with Crippen LogP contribution in [0, 0.1) is 0 Å². The summed E-state index contributed by atoms with van der Waals surface area (Å²) in [6, 6.07) is 5.31. The Bertz CT molecular complexity index is 292. The molecular weight excluding hydrogens is 172 g/mol. The number of hydrogen-bond donors (Lipinski definition) is 1. The topological polar surface area (TPSA) is 20.2 Å². The molecule has 0 saturated heterocycles. The normalized spacial score (nSPS) is 10.8. The molecule has 64 valence electrons. The number of aromatic hydroxyl groups is 1. The third-order valence-corrected chi connectivity index (χ3v) is 1.86. The van der Waals surface area contributed by atoms with Crippen LogP contribution in [0.25, 0.3) is 6.08 Å². The minimum absolute atomic E-state index is 0.156. The summed E-state index contributed by atoms with van der Waals surface area (Å²) in [6.07, 6.45) is 4.79. The molecule has 0 aromatic heterocycles. The second-order valence-corrected chi connectivity index (χ2v) is 2.90. The van der Waals surface area contributed by atoms with Gasteiger partial charge < -0.3 is 5.11 Å². The van der Waals surface area contributed by atoms with Gasteiger partial charge in [0, 0.05) is 5.56 Å². The Balaban J connectivity index is 3.00. The molecule has 1 nitrogen and oxygen atoms in total. The first-order valence-corrected chi connectivity index (χ1v) is 4.27. The molecule has 1 N–H and O–H groups in total. The summed E-state index contributed by atoms with van der Waals surface area (Å²) in [4.78, 5) is 0. The molecule has 1 aromatic carbocycles. The monoisotopic (exact) mass is 182 g/mol. The second-order valence-electron chi connectivity index (χ2n) is 2.49. The van der Waals surface area contributed by atoms with Crippen molar-refractivity contribution in [3.63, 3.8) is 0 Å². The average Bonchev–Trinajstić information content (AvgIpc) is 2.08. The highest BCUT2D eigenvalue weighted by Gasteiger charge is 2.00. The summed E-state index contributed by atoms with van der Waals surface area (Å²) in [5.74, 6) is 0.156. The quantitative estimate of drug-likeness (QED) is 0.743. The van der Waals surface area contributed by atoms with Gasteiger partial charge in [0.15, 0.2) is 0 Å². The summed E-state index contributed by atoms with van der Waals surface area (Å²) >= 11 is 5.71. The largest absolute Gasteiger partial charge is 0.506 e. The third kappa shape index (κ3) is 2.02. The van der Waals surface area contributed by atoms with Crippen LogP contribution in [0.1, 0.15) is 18.9 Å². The van der Waals surface area contributed by atoms with Gasteiger partial charge in [-0.1, -0.05) is 42.8 Å². The molecular formula is C10H11ClO. The molecule has 0 saturated carbocycles. The highest BCUT2D eigenvalue weighted by Crippen LogP contribution is 2.27. The predicted molar refractivity (Wildman–Crippen MR) is 52.4 cm³/mol. The van der Waals surface area contributed by atoms with Crippen LogP contribution in [0.15, 0.2) is 24.3 Å². The van der Waals surface area contributed by atoms with E-state index < -0.39 is 0 Å². The van der Waals surface area contributed by atoms with Crippen LogP contribution in [0.5, 0.6) is 5.75 Å². The molecule has 0 aliphatic heterocycles. The van der Waals surface area contributed by atoms with E-state index in [9.17, 15) is 5.11 Å². The van der Waals surface area contributed by atoms with Crippen molar-refractivity contribution < 1.29 is 5.11 Å². The van der Waals surface area contributed by atoms with E-state index in [0.717, 1.165) is 12.0 Å². The lowest BCUT2D eigenvalue weighted by Gasteiger charge is -1.99. The second kappa shape index (κ2) is 4.17. The van der Waals surface area contributed by atoms with Gasteiger partial charge in [0.1, 0.15) is 5.75 Å². The van der Waals surface area contributed by atoms with Crippen LogP contribution in [-0.2, 0) is 0 Å². The molecule has 0 bridgehead atoms. The smallest absolute Gasteiger partial charge is 0.141 e. The van der Waals surface area contributed by atoms with Crippen LogP contribution >= 0.6 is 11.6 Å². The maximum Gasteiger partial charge on any atom is 0.141 e. The fourth-order valence-corrected chi connectivity index (χ4v) is 1.09. The first-order chi connectivity index (χ1) is 5.75. The van der Waals surface area contributed by atoms with E-state index in [-0.39, 0.29) is 5.75 Å². The number of rotatable bonds is 2. The van der Waals surface area contributed by atoms with Gasteiger partial charge in [0.25, 0.3) is 0 Å². The Morgan fingerprint density at radius 3 is 2.92 bits per heavy atom. The van der Waals surface area contributed by atoms with Gasteiger partial charge in [-0.3, -0.25) is 0 Å². The predicted octanol–water partition coefficient (Wildman–Crippen LogP) is 3.47. The van der Waals surface area contributed by atoms with Crippen molar-refractivity contribution >= 4 is 17.7 Å². The number of halogens is 1. The minimum Gasteiger partial charge on any atom is -0.506 e. The van der Waals surface area contributed by atoms with Gasteiger partial charge in [-0.15, -0.1) is 0 Å². The first-order valence-electron chi connectivity index (χ1n) is 3.89. The molecule has 0 atom stereocenters. The average molecular weight is 183 g/mol. The SMILES string of the molecule is CCC=Cc1cccc(Cl)c1O. The summed E-state index contributed by atoms with van der Waals surface area (Å²) in [7, 11) is 0. The molecule has 0 aliphatic rings. The lowest BCUT2D eigenvalue weighted by molar-refractivity contribution is 0.474. The van der Waals surface area contributed by atoms with Crippen LogP contribution in [0.4, 0.5) is 0 Å². The molecule has 0 fully saturated rings. The number of para-hydroxylation sites is 1. The number of phenolic OH excluding ortho intramolecular Hbond substituents is 1. The number of phenols is 1. The lowest BCUT2D eigenvalue weighted by atomic mass is 10.2. The van der Waals surface area contributed by atoms with Gasteiger partial charge in [-0.05, 0) is 12.5 Å². The van der Waals surface area contributed by atoms with Crippen molar-refractivity contribution in [2.24, 2.45) is 0 Å². The Kier molecular flexibility index (Phi) is 3.18. The Hall–Kier alpha value is -0.950. The molecule has 2 heteroatoms. The molecule has 0 amide bonds. The van der Waals surface area contributed by atoms with Gasteiger partial charge >= 0.3 is 0 Å². The summed E-state index contributed by atoms with van der Waals surface area (Å²) in [5.41, 5.74) is 0.768. The molecule has 0 heterocycles. The van der Waals surface area contributed by atoms with E-state index in [2.05, 4.69) is 0 Å². The van der Waals surface area contributed by atoms with Gasteiger partial charge in [0.05, 0.1) is 5.02 Å². The van der Waals surface area contributed by atoms with Crippen molar-refractivity contribution in [1.29, 1.82) is 0 Å². The number of benzene rings is 1. The zero-order valence-corrected chi connectivity index (χ0v) is 7.67. The first kappa shape index (κ1) is 9.14. The molecule has 1 aromatic rings. The van der Waals surface area contributed by atoms with E-state index in [1.54, 1.807) is 6.07 Å². The Labute approximate surface area is 77.3 Å².